The number of rotatable bonds is 11. The Morgan fingerprint density at radius 2 is 1.76 bits per heavy atom. The minimum absolute atomic E-state index is 0.0630. The molecule has 0 spiro atoms. The summed E-state index contributed by atoms with van der Waals surface area (Å²) in [6.07, 6.45) is 9.58. The summed E-state index contributed by atoms with van der Waals surface area (Å²) in [5, 5.41) is 2.79. The maximum absolute atomic E-state index is 14.3. The van der Waals surface area contributed by atoms with E-state index in [4.69, 9.17) is 0 Å². The number of aryl methyl sites for hydroxylation is 1. The molecular weight excluding hydrogens is 534 g/mol. The molecule has 228 valence electrons. The first kappa shape index (κ1) is 33.0. The van der Waals surface area contributed by atoms with Crippen LogP contribution in [-0.4, -0.2) is 80.6 Å². The summed E-state index contributed by atoms with van der Waals surface area (Å²) in [6, 6.07) is 4.25. The van der Waals surface area contributed by atoms with Crippen LogP contribution in [0.1, 0.15) is 75.0 Å². The highest BCUT2D eigenvalue weighted by molar-refractivity contribution is 5.82. The molecular formula is C32H46F2N8. The van der Waals surface area contributed by atoms with Gasteiger partial charge >= 0.3 is 0 Å². The van der Waals surface area contributed by atoms with Crippen LogP contribution < -0.4 is 5.32 Å². The Hall–Kier alpha value is -3.50. The summed E-state index contributed by atoms with van der Waals surface area (Å²) in [5.41, 5.74) is 2.89. The third-order valence-corrected chi connectivity index (χ3v) is 7.31. The molecule has 1 saturated heterocycles. The van der Waals surface area contributed by atoms with Gasteiger partial charge in [-0.15, -0.1) is 0 Å². The van der Waals surface area contributed by atoms with E-state index in [1.165, 1.54) is 51.3 Å². The summed E-state index contributed by atoms with van der Waals surface area (Å²) >= 11 is 0. The summed E-state index contributed by atoms with van der Waals surface area (Å²) < 4.78 is 30.1. The number of allylic oxidation sites excluding steroid dienone is 1. The number of piperazine rings is 1. The van der Waals surface area contributed by atoms with Crippen molar-refractivity contribution in [3.8, 4) is 0 Å². The van der Waals surface area contributed by atoms with E-state index in [1.54, 1.807) is 20.0 Å². The summed E-state index contributed by atoms with van der Waals surface area (Å²) in [4.78, 5) is 21.6. The van der Waals surface area contributed by atoms with Gasteiger partial charge in [-0.3, -0.25) is 4.98 Å². The number of hydrogen-bond acceptors (Lipinski definition) is 7. The van der Waals surface area contributed by atoms with E-state index in [0.717, 1.165) is 12.6 Å². The number of anilines is 1. The fourth-order valence-corrected chi connectivity index (χ4v) is 5.15. The molecule has 4 rings (SSSR count). The standard InChI is InChI=1S/C18H23F2N5.C14H23N3/c1-7-13(17-14(20)9-22-18(21-6)24-17)8-15-16(11(4)19)23-12(5)25(15)10(2)3;1-2-7-16-9-11-17(12-10-16)8-5-14-4-3-6-15-13-14/h8-10H,4,7H2,1-3,5-6H3,(H,21,22,24);3-4,6,13H,2,5,7-12H2,1H3/b13-8+;. The van der Waals surface area contributed by atoms with Gasteiger partial charge in [-0.2, -0.15) is 0 Å². The average molecular weight is 581 g/mol. The molecule has 0 bridgehead atoms. The van der Waals surface area contributed by atoms with Crippen molar-refractivity contribution in [1.29, 1.82) is 0 Å². The van der Waals surface area contributed by atoms with Gasteiger partial charge in [-0.25, -0.2) is 23.7 Å². The molecule has 1 N–H and O–H groups in total. The van der Waals surface area contributed by atoms with E-state index in [1.807, 2.05) is 43.8 Å². The number of halogens is 2. The van der Waals surface area contributed by atoms with E-state index >= 15 is 0 Å². The Labute approximate surface area is 249 Å². The van der Waals surface area contributed by atoms with Crippen LogP contribution in [0.5, 0.6) is 0 Å². The van der Waals surface area contributed by atoms with Crippen molar-refractivity contribution in [2.75, 3.05) is 51.6 Å². The second kappa shape index (κ2) is 16.2. The van der Waals surface area contributed by atoms with E-state index in [2.05, 4.69) is 54.6 Å². The molecule has 8 nitrogen and oxygen atoms in total. The van der Waals surface area contributed by atoms with Crippen molar-refractivity contribution in [1.82, 2.24) is 34.3 Å². The Morgan fingerprint density at radius 1 is 1.07 bits per heavy atom. The predicted molar refractivity (Wildman–Crippen MR) is 168 cm³/mol. The number of imidazole rings is 1. The number of nitrogens with one attached hydrogen (secondary N) is 1. The van der Waals surface area contributed by atoms with Crippen molar-refractivity contribution in [2.45, 2.75) is 59.9 Å². The molecule has 10 heteroatoms. The highest BCUT2D eigenvalue weighted by Gasteiger charge is 2.20. The minimum Gasteiger partial charge on any atom is -0.357 e. The van der Waals surface area contributed by atoms with Crippen molar-refractivity contribution >= 4 is 23.4 Å². The molecule has 0 aliphatic carbocycles. The van der Waals surface area contributed by atoms with Crippen molar-refractivity contribution in [3.63, 3.8) is 0 Å². The molecule has 1 aliphatic heterocycles. The molecule has 0 aromatic carbocycles. The van der Waals surface area contributed by atoms with Gasteiger partial charge in [-0.05, 0) is 69.9 Å². The molecule has 3 aromatic heterocycles. The zero-order chi connectivity index (χ0) is 30.6. The Bertz CT molecular complexity index is 1310. The van der Waals surface area contributed by atoms with Gasteiger partial charge in [0.1, 0.15) is 23.0 Å². The first-order valence-electron chi connectivity index (χ1n) is 14.9. The summed E-state index contributed by atoms with van der Waals surface area (Å²) in [7, 11) is 1.66. The first-order valence-corrected chi connectivity index (χ1v) is 14.9. The molecule has 0 atom stereocenters. The van der Waals surface area contributed by atoms with Crippen LogP contribution in [0.2, 0.25) is 0 Å². The maximum atomic E-state index is 14.3. The van der Waals surface area contributed by atoms with Crippen LogP contribution in [0.25, 0.3) is 17.5 Å². The molecule has 0 saturated carbocycles. The zero-order valence-electron chi connectivity index (χ0n) is 26.0. The van der Waals surface area contributed by atoms with Gasteiger partial charge in [0.15, 0.2) is 5.82 Å². The van der Waals surface area contributed by atoms with Crippen molar-refractivity contribution < 1.29 is 8.78 Å². The summed E-state index contributed by atoms with van der Waals surface area (Å²) in [5.74, 6) is -0.160. The largest absolute Gasteiger partial charge is 0.357 e. The topological polar surface area (TPSA) is 75.0 Å². The lowest BCUT2D eigenvalue weighted by molar-refractivity contribution is 0.133. The van der Waals surface area contributed by atoms with Gasteiger partial charge < -0.3 is 19.7 Å². The smallest absolute Gasteiger partial charge is 0.223 e. The highest BCUT2D eigenvalue weighted by Crippen LogP contribution is 2.29. The van der Waals surface area contributed by atoms with E-state index < -0.39 is 11.6 Å². The second-order valence-electron chi connectivity index (χ2n) is 10.7. The number of hydrogen-bond donors (Lipinski definition) is 1. The van der Waals surface area contributed by atoms with Crippen LogP contribution in [0.3, 0.4) is 0 Å². The monoisotopic (exact) mass is 580 g/mol. The third-order valence-electron chi connectivity index (χ3n) is 7.31. The van der Waals surface area contributed by atoms with E-state index in [-0.39, 0.29) is 17.4 Å². The quantitative estimate of drug-likeness (QED) is 0.286. The van der Waals surface area contributed by atoms with Crippen LogP contribution in [0, 0.1) is 12.7 Å². The molecule has 0 unspecified atom stereocenters. The fourth-order valence-electron chi connectivity index (χ4n) is 5.15. The van der Waals surface area contributed by atoms with Gasteiger partial charge in [-0.1, -0.05) is 26.5 Å². The summed E-state index contributed by atoms with van der Waals surface area (Å²) in [6.45, 7) is 20.6. The molecule has 42 heavy (non-hydrogen) atoms. The van der Waals surface area contributed by atoms with Crippen LogP contribution in [0.4, 0.5) is 14.7 Å². The lowest BCUT2D eigenvalue weighted by Crippen LogP contribution is -2.46. The second-order valence-corrected chi connectivity index (χ2v) is 10.7. The molecule has 3 aromatic rings. The van der Waals surface area contributed by atoms with Gasteiger partial charge in [0.2, 0.25) is 5.95 Å². The SMILES string of the molecule is C=C(F)c1nc(C)n(C(C)C)c1/C=C(\CC)c1nc(NC)ncc1F.CCCN1CCN(CCc2cccnc2)CC1. The Balaban J connectivity index is 0.000000247. The molecule has 0 radical (unpaired) electrons. The number of nitrogens with zero attached hydrogens (tertiary/aromatic N) is 7. The average Bonchev–Trinajstić information content (AvgIpc) is 3.33. The Kier molecular flexibility index (Phi) is 12.7. The molecule has 1 fully saturated rings. The van der Waals surface area contributed by atoms with Gasteiger partial charge in [0.25, 0.3) is 0 Å². The van der Waals surface area contributed by atoms with Crippen molar-refractivity contribution in [2.24, 2.45) is 0 Å². The lowest BCUT2D eigenvalue weighted by Gasteiger charge is -2.34. The molecule has 1 aliphatic rings. The van der Waals surface area contributed by atoms with Crippen LogP contribution in [-0.2, 0) is 6.42 Å². The van der Waals surface area contributed by atoms with Crippen LogP contribution >= 0.6 is 0 Å². The maximum Gasteiger partial charge on any atom is 0.223 e. The lowest BCUT2D eigenvalue weighted by atomic mass is 10.1. The van der Waals surface area contributed by atoms with E-state index in [9.17, 15) is 8.78 Å². The Morgan fingerprint density at radius 3 is 2.31 bits per heavy atom. The number of pyridine rings is 1. The van der Waals surface area contributed by atoms with Crippen LogP contribution in [0.15, 0.2) is 37.3 Å². The highest BCUT2D eigenvalue weighted by atomic mass is 19.1. The van der Waals surface area contributed by atoms with Gasteiger partial charge in [0, 0.05) is 58.2 Å². The van der Waals surface area contributed by atoms with Gasteiger partial charge in [0.05, 0.1) is 11.9 Å². The minimum atomic E-state index is -0.622. The predicted octanol–water partition coefficient (Wildman–Crippen LogP) is 6.29. The van der Waals surface area contributed by atoms with Crippen molar-refractivity contribution in [3.05, 3.63) is 71.6 Å². The number of aromatic nitrogens is 5. The van der Waals surface area contributed by atoms with E-state index in [0.29, 0.717) is 29.5 Å². The third kappa shape index (κ3) is 9.00. The first-order chi connectivity index (χ1) is 20.2. The normalized spacial score (nSPS) is 14.5. The molecule has 0 amide bonds. The molecule has 4 heterocycles. The zero-order valence-corrected chi connectivity index (χ0v) is 26.0. The fraction of sp³-hybridized carbons (Fsp3) is 0.500.